The van der Waals surface area contributed by atoms with Gasteiger partial charge in [-0.1, -0.05) is 123 Å². The third-order valence-corrected chi connectivity index (χ3v) is 11.6. The molecular formula is C53H35N3U. The van der Waals surface area contributed by atoms with Gasteiger partial charge in [0.05, 0.1) is 22.2 Å². The number of rotatable bonds is 5. The topological polar surface area (TPSA) is 30.7 Å². The van der Waals surface area contributed by atoms with Crippen molar-refractivity contribution in [3.8, 4) is 61.7 Å². The maximum atomic E-state index is 5.38. The summed E-state index contributed by atoms with van der Waals surface area (Å²) in [5, 5.41) is 3.48. The van der Waals surface area contributed by atoms with E-state index < -0.39 is 0 Å². The molecule has 1 aliphatic carbocycles. The molecule has 0 fully saturated rings. The monoisotopic (exact) mass is 951 g/mol. The number of para-hydroxylation sites is 3. The zero-order chi connectivity index (χ0) is 37.4. The van der Waals surface area contributed by atoms with Gasteiger partial charge in [-0.15, -0.1) is 17.7 Å². The zero-order valence-electron chi connectivity index (χ0n) is 31.6. The Morgan fingerprint density at radius 1 is 0.491 bits per heavy atom. The summed E-state index contributed by atoms with van der Waals surface area (Å²) in [5.41, 5.74) is 16.7. The van der Waals surface area contributed by atoms with Gasteiger partial charge in [-0.2, -0.15) is 36.4 Å². The fourth-order valence-electron chi connectivity index (χ4n) is 8.94. The summed E-state index contributed by atoms with van der Waals surface area (Å²) >= 11 is 0. The number of benzene rings is 8. The third-order valence-electron chi connectivity index (χ3n) is 11.6. The summed E-state index contributed by atoms with van der Waals surface area (Å²) in [7, 11) is 0. The van der Waals surface area contributed by atoms with Crippen LogP contribution in [-0.2, 0) is 5.41 Å². The van der Waals surface area contributed by atoms with Gasteiger partial charge in [-0.25, -0.2) is 21.1 Å². The van der Waals surface area contributed by atoms with Crippen LogP contribution in [-0.4, -0.2) is 14.5 Å². The van der Waals surface area contributed by atoms with Gasteiger partial charge in [0.25, 0.3) is 0 Å². The molecule has 1 aliphatic rings. The molecule has 0 unspecified atom stereocenters. The van der Waals surface area contributed by atoms with Crippen molar-refractivity contribution in [1.29, 1.82) is 0 Å². The van der Waals surface area contributed by atoms with Crippen LogP contribution in [0.4, 0.5) is 0 Å². The summed E-state index contributed by atoms with van der Waals surface area (Å²) in [6.45, 7) is 4.62. The van der Waals surface area contributed by atoms with Gasteiger partial charge in [0.1, 0.15) is 0 Å². The van der Waals surface area contributed by atoms with E-state index in [4.69, 9.17) is 9.97 Å². The average molecular weight is 952 g/mol. The van der Waals surface area contributed by atoms with Crippen LogP contribution in [0.15, 0.2) is 176 Å². The number of aromatic nitrogens is 3. The van der Waals surface area contributed by atoms with Gasteiger partial charge in [0.15, 0.2) is 5.82 Å². The van der Waals surface area contributed by atoms with Gasteiger partial charge in [-0.05, 0) is 64.2 Å². The van der Waals surface area contributed by atoms with Crippen LogP contribution in [0.25, 0.3) is 94.4 Å². The molecule has 0 radical (unpaired) electrons. The van der Waals surface area contributed by atoms with Gasteiger partial charge in [0.2, 0.25) is 0 Å². The van der Waals surface area contributed by atoms with Gasteiger partial charge < -0.3 is 4.57 Å². The van der Waals surface area contributed by atoms with Crippen molar-refractivity contribution in [3.63, 3.8) is 0 Å². The molecule has 57 heavy (non-hydrogen) atoms. The largest absolute Gasteiger partial charge is 2.00 e. The molecule has 11 rings (SSSR count). The molecule has 3 nitrogen and oxygen atoms in total. The molecule has 0 bridgehead atoms. The second-order valence-corrected chi connectivity index (χ2v) is 15.2. The summed E-state index contributed by atoms with van der Waals surface area (Å²) in [4.78, 5) is 10.6. The van der Waals surface area contributed by atoms with Crippen LogP contribution >= 0.6 is 0 Å². The molecule has 2 aromatic heterocycles. The molecule has 0 spiro atoms. The van der Waals surface area contributed by atoms with E-state index >= 15 is 0 Å². The Morgan fingerprint density at radius 2 is 1.12 bits per heavy atom. The molecule has 2 heterocycles. The Labute approximate surface area is 356 Å². The van der Waals surface area contributed by atoms with Crippen LogP contribution < -0.4 is 0 Å². The predicted octanol–water partition coefficient (Wildman–Crippen LogP) is 13.3. The van der Waals surface area contributed by atoms with Crippen molar-refractivity contribution in [3.05, 3.63) is 199 Å². The van der Waals surface area contributed by atoms with Crippen molar-refractivity contribution < 1.29 is 31.1 Å². The molecule has 0 N–H and O–H groups in total. The summed E-state index contributed by atoms with van der Waals surface area (Å²) in [5.74, 6) is 0.731. The van der Waals surface area contributed by atoms with Gasteiger partial charge in [0, 0.05) is 32.8 Å². The number of hydrogen-bond donors (Lipinski definition) is 0. The van der Waals surface area contributed by atoms with E-state index in [1.165, 1.54) is 44.1 Å². The molecule has 10 aromatic rings. The smallest absolute Gasteiger partial charge is 0.309 e. The van der Waals surface area contributed by atoms with E-state index in [0.29, 0.717) is 0 Å². The summed E-state index contributed by atoms with van der Waals surface area (Å²) in [6.07, 6.45) is 0. The van der Waals surface area contributed by atoms with E-state index in [9.17, 15) is 0 Å². The Bertz CT molecular complexity index is 3180. The Morgan fingerprint density at radius 3 is 1.96 bits per heavy atom. The van der Waals surface area contributed by atoms with E-state index in [1.807, 2.05) is 12.1 Å². The van der Waals surface area contributed by atoms with E-state index in [2.05, 4.69) is 194 Å². The quantitative estimate of drug-likeness (QED) is 0.161. The molecule has 266 valence electrons. The molecule has 0 amide bonds. The normalized spacial score (nSPS) is 12.7. The second-order valence-electron chi connectivity index (χ2n) is 15.2. The zero-order valence-corrected chi connectivity index (χ0v) is 35.7. The summed E-state index contributed by atoms with van der Waals surface area (Å²) in [6, 6.07) is 69.5. The molecule has 0 saturated carbocycles. The third kappa shape index (κ3) is 5.70. The maximum Gasteiger partial charge on any atom is 2.00 e. The number of nitrogens with zero attached hydrogens (tertiary/aromatic N) is 3. The van der Waals surface area contributed by atoms with E-state index in [-0.39, 0.29) is 36.5 Å². The van der Waals surface area contributed by atoms with Crippen molar-refractivity contribution >= 4 is 32.7 Å². The first-order valence-corrected chi connectivity index (χ1v) is 19.2. The summed E-state index contributed by atoms with van der Waals surface area (Å²) < 4.78 is 2.35. The minimum atomic E-state index is -0.108. The second kappa shape index (κ2) is 13.9. The fourth-order valence-corrected chi connectivity index (χ4v) is 8.94. The van der Waals surface area contributed by atoms with Crippen molar-refractivity contribution in [2.75, 3.05) is 0 Å². The van der Waals surface area contributed by atoms with Crippen molar-refractivity contribution in [2.24, 2.45) is 0 Å². The predicted molar refractivity (Wildman–Crippen MR) is 231 cm³/mol. The first kappa shape index (κ1) is 35.4. The van der Waals surface area contributed by atoms with Crippen LogP contribution in [0, 0.1) is 43.2 Å². The standard InChI is InChI=1S/C53H35N3.U/c1-53(2)45-25-9-6-22-41(45)50-43(24-14-26-46(50)53)52-54-47-27-10-7-23-42(47)51(55-52)38-18-13-17-36(32-38)34-15-12-16-35(31-34)37-29-30-49-44(33-37)40-21-8-11-28-48(40)56(49)39-19-4-3-5-20-39;/h3-14,16,18-33H,1-2H3;/q-2;+2. The minimum absolute atomic E-state index is 0. The number of hydrogen-bond acceptors (Lipinski definition) is 2. The van der Waals surface area contributed by atoms with Crippen LogP contribution in [0.5, 0.6) is 0 Å². The van der Waals surface area contributed by atoms with E-state index in [0.717, 1.165) is 61.5 Å². The van der Waals surface area contributed by atoms with Crippen molar-refractivity contribution in [2.45, 2.75) is 19.3 Å². The van der Waals surface area contributed by atoms with E-state index in [1.54, 1.807) is 0 Å². The SMILES string of the molecule is CC1(C)c2ccccc2-c2c(-c3nc(-c4cc[c-]c(-c5[c-]ccc(-c6ccc7c(c6)c6ccccc6n7-c6ccccc6)c5)c4)c4ccccc4n3)cccc21.[U+2]. The fraction of sp³-hybridized carbons (Fsp3) is 0.0566. The van der Waals surface area contributed by atoms with Crippen LogP contribution in [0.2, 0.25) is 0 Å². The molecule has 0 aliphatic heterocycles. The van der Waals surface area contributed by atoms with Crippen LogP contribution in [0.3, 0.4) is 0 Å². The molecule has 0 saturated heterocycles. The average Bonchev–Trinajstić information content (AvgIpc) is 3.71. The Balaban J connectivity index is 0.00000396. The Kier molecular flexibility index (Phi) is 8.60. The van der Waals surface area contributed by atoms with Gasteiger partial charge >= 0.3 is 31.1 Å². The first-order valence-electron chi connectivity index (χ1n) is 19.2. The first-order chi connectivity index (χ1) is 27.5. The molecule has 8 aromatic carbocycles. The van der Waals surface area contributed by atoms with Gasteiger partial charge in [-0.3, -0.25) is 0 Å². The minimum Gasteiger partial charge on any atom is -0.309 e. The molecule has 4 heteroatoms. The molecule has 0 atom stereocenters. The van der Waals surface area contributed by atoms with Crippen LogP contribution in [0.1, 0.15) is 25.0 Å². The maximum absolute atomic E-state index is 5.38. The number of fused-ring (bicyclic) bond motifs is 7. The molecular weight excluding hydrogens is 917 g/mol. The Hall–Kier alpha value is -6.05. The van der Waals surface area contributed by atoms with Crippen molar-refractivity contribution in [1.82, 2.24) is 14.5 Å².